The molecule has 1 aliphatic carbocycles. The molecule has 35 heavy (non-hydrogen) atoms. The van der Waals surface area contributed by atoms with Gasteiger partial charge in [-0.1, -0.05) is 6.07 Å². The molecule has 178 valence electrons. The summed E-state index contributed by atoms with van der Waals surface area (Å²) in [6, 6.07) is 15.4. The van der Waals surface area contributed by atoms with Gasteiger partial charge in [0.15, 0.2) is 0 Å². The summed E-state index contributed by atoms with van der Waals surface area (Å²) in [6.45, 7) is 4.79. The number of anilines is 3. The Hall–Kier alpha value is -3.98. The van der Waals surface area contributed by atoms with Gasteiger partial charge in [0.25, 0.3) is 0 Å². The van der Waals surface area contributed by atoms with E-state index in [2.05, 4.69) is 39.9 Å². The summed E-state index contributed by atoms with van der Waals surface area (Å²) in [5.41, 5.74) is 4.94. The van der Waals surface area contributed by atoms with E-state index >= 15 is 0 Å². The van der Waals surface area contributed by atoms with Gasteiger partial charge in [0.05, 0.1) is 35.5 Å². The maximum atomic E-state index is 11.2. The molecule has 2 aromatic carbocycles. The van der Waals surface area contributed by atoms with Gasteiger partial charge in [-0.15, -0.1) is 0 Å². The molecular formula is C26H26N6O3. The zero-order chi connectivity index (χ0) is 23.9. The SMILES string of the molecule is Cc1nc2ccc(-c3cc(Nc4ccc(C(=O)O)cc4)nc(N4CCOCC4)n3)cc2n1C1CC1. The number of aromatic nitrogens is 4. The van der Waals surface area contributed by atoms with Gasteiger partial charge in [-0.05, 0) is 56.2 Å². The van der Waals surface area contributed by atoms with Crippen LogP contribution in [-0.4, -0.2) is 56.9 Å². The van der Waals surface area contributed by atoms with E-state index in [0.717, 1.165) is 46.9 Å². The number of rotatable bonds is 6. The molecule has 2 aliphatic rings. The number of fused-ring (bicyclic) bond motifs is 1. The van der Waals surface area contributed by atoms with E-state index in [1.54, 1.807) is 24.3 Å². The van der Waals surface area contributed by atoms with E-state index in [0.29, 0.717) is 31.0 Å². The number of aromatic carboxylic acids is 1. The number of carboxylic acid groups (broad SMARTS) is 1. The van der Waals surface area contributed by atoms with Crippen LogP contribution in [-0.2, 0) is 4.74 Å². The van der Waals surface area contributed by atoms with Crippen LogP contribution in [0, 0.1) is 6.92 Å². The molecule has 0 amide bonds. The van der Waals surface area contributed by atoms with Crippen molar-refractivity contribution in [2.24, 2.45) is 0 Å². The van der Waals surface area contributed by atoms with E-state index in [1.165, 1.54) is 12.8 Å². The van der Waals surface area contributed by atoms with Crippen molar-refractivity contribution in [1.82, 2.24) is 19.5 Å². The number of nitrogens with zero attached hydrogens (tertiary/aromatic N) is 5. The van der Waals surface area contributed by atoms with E-state index < -0.39 is 5.97 Å². The first-order valence-corrected chi connectivity index (χ1v) is 11.9. The van der Waals surface area contributed by atoms with Crippen LogP contribution in [0.3, 0.4) is 0 Å². The van der Waals surface area contributed by atoms with E-state index in [-0.39, 0.29) is 5.56 Å². The van der Waals surface area contributed by atoms with Crippen LogP contribution in [0.25, 0.3) is 22.3 Å². The molecule has 0 atom stereocenters. The van der Waals surface area contributed by atoms with E-state index in [9.17, 15) is 9.90 Å². The second-order valence-corrected chi connectivity index (χ2v) is 9.01. The highest BCUT2D eigenvalue weighted by Gasteiger charge is 2.27. The fourth-order valence-corrected chi connectivity index (χ4v) is 4.56. The lowest BCUT2D eigenvalue weighted by Gasteiger charge is -2.27. The van der Waals surface area contributed by atoms with Crippen molar-refractivity contribution in [3.05, 3.63) is 59.9 Å². The molecule has 6 rings (SSSR count). The lowest BCUT2D eigenvalue weighted by atomic mass is 10.1. The van der Waals surface area contributed by atoms with Crippen LogP contribution in [0.1, 0.15) is 35.1 Å². The standard InChI is InChI=1S/C26H26N6O3/c1-16-27-21-9-4-18(14-23(21)32(16)20-7-8-20)22-15-24(28-19-5-2-17(3-6-19)25(33)34)30-26(29-22)31-10-12-35-13-11-31/h2-6,9,14-15,20H,7-8,10-13H2,1H3,(H,33,34)(H,28,29,30). The first kappa shape index (κ1) is 21.5. The normalized spacial score (nSPS) is 16.0. The van der Waals surface area contributed by atoms with Crippen LogP contribution >= 0.6 is 0 Å². The first-order chi connectivity index (χ1) is 17.0. The van der Waals surface area contributed by atoms with Crippen molar-refractivity contribution in [3.63, 3.8) is 0 Å². The molecule has 0 spiro atoms. The largest absolute Gasteiger partial charge is 0.478 e. The van der Waals surface area contributed by atoms with Crippen molar-refractivity contribution in [3.8, 4) is 11.3 Å². The minimum atomic E-state index is -0.952. The fraction of sp³-hybridized carbons (Fsp3) is 0.308. The monoisotopic (exact) mass is 470 g/mol. The summed E-state index contributed by atoms with van der Waals surface area (Å²) in [7, 11) is 0. The molecule has 3 heterocycles. The van der Waals surface area contributed by atoms with Gasteiger partial charge in [0.1, 0.15) is 11.6 Å². The van der Waals surface area contributed by atoms with Gasteiger partial charge < -0.3 is 24.6 Å². The summed E-state index contributed by atoms with van der Waals surface area (Å²) in [5, 5.41) is 12.5. The highest BCUT2D eigenvalue weighted by Crippen LogP contribution is 2.39. The Morgan fingerprint density at radius 2 is 1.80 bits per heavy atom. The van der Waals surface area contributed by atoms with Crippen LogP contribution in [0.2, 0.25) is 0 Å². The van der Waals surface area contributed by atoms with Gasteiger partial charge in [-0.25, -0.2) is 14.8 Å². The zero-order valence-corrected chi connectivity index (χ0v) is 19.4. The average molecular weight is 471 g/mol. The smallest absolute Gasteiger partial charge is 0.335 e. The molecule has 1 saturated heterocycles. The Balaban J connectivity index is 1.40. The molecule has 2 N–H and O–H groups in total. The molecule has 0 unspecified atom stereocenters. The second kappa shape index (κ2) is 8.66. The topological polar surface area (TPSA) is 105 Å². The molecule has 0 radical (unpaired) electrons. The summed E-state index contributed by atoms with van der Waals surface area (Å²) < 4.78 is 7.85. The third-order valence-corrected chi connectivity index (χ3v) is 6.49. The van der Waals surface area contributed by atoms with Crippen LogP contribution in [0.5, 0.6) is 0 Å². The third-order valence-electron chi connectivity index (χ3n) is 6.49. The fourth-order valence-electron chi connectivity index (χ4n) is 4.56. The van der Waals surface area contributed by atoms with Crippen molar-refractivity contribution in [2.75, 3.05) is 36.5 Å². The van der Waals surface area contributed by atoms with Crippen LogP contribution in [0.15, 0.2) is 48.5 Å². The zero-order valence-electron chi connectivity index (χ0n) is 19.4. The average Bonchev–Trinajstić information content (AvgIpc) is 3.65. The summed E-state index contributed by atoms with van der Waals surface area (Å²) >= 11 is 0. The Morgan fingerprint density at radius 3 is 2.51 bits per heavy atom. The van der Waals surface area contributed by atoms with E-state index in [4.69, 9.17) is 19.7 Å². The number of morpholine rings is 1. The summed E-state index contributed by atoms with van der Waals surface area (Å²) in [5.74, 6) is 1.38. The maximum absolute atomic E-state index is 11.2. The molecule has 9 nitrogen and oxygen atoms in total. The van der Waals surface area contributed by atoms with Gasteiger partial charge in [-0.2, -0.15) is 4.98 Å². The van der Waals surface area contributed by atoms with Crippen molar-refractivity contribution in [2.45, 2.75) is 25.8 Å². The number of carboxylic acids is 1. The Labute approximate surface area is 202 Å². The summed E-state index contributed by atoms with van der Waals surface area (Å²) in [4.78, 5) is 27.8. The molecule has 1 saturated carbocycles. The number of hydrogen-bond acceptors (Lipinski definition) is 7. The number of imidazole rings is 1. The Kier molecular flexibility index (Phi) is 5.33. The van der Waals surface area contributed by atoms with E-state index in [1.807, 2.05) is 6.07 Å². The number of benzene rings is 2. The predicted molar refractivity (Wildman–Crippen MR) is 133 cm³/mol. The van der Waals surface area contributed by atoms with Crippen molar-refractivity contribution in [1.29, 1.82) is 0 Å². The van der Waals surface area contributed by atoms with Crippen molar-refractivity contribution < 1.29 is 14.6 Å². The van der Waals surface area contributed by atoms with Crippen molar-refractivity contribution >= 4 is 34.5 Å². The molecule has 4 aromatic rings. The van der Waals surface area contributed by atoms with Gasteiger partial charge in [0.2, 0.25) is 5.95 Å². The minimum Gasteiger partial charge on any atom is -0.478 e. The number of carbonyl (C=O) groups is 1. The number of aryl methyl sites for hydroxylation is 1. The molecular weight excluding hydrogens is 444 g/mol. The Bertz CT molecular complexity index is 1400. The quantitative estimate of drug-likeness (QED) is 0.427. The Morgan fingerprint density at radius 1 is 1.03 bits per heavy atom. The minimum absolute atomic E-state index is 0.240. The highest BCUT2D eigenvalue weighted by atomic mass is 16.5. The number of nitrogens with one attached hydrogen (secondary N) is 1. The summed E-state index contributed by atoms with van der Waals surface area (Å²) in [6.07, 6.45) is 2.39. The second-order valence-electron chi connectivity index (χ2n) is 9.01. The number of ether oxygens (including phenoxy) is 1. The molecule has 1 aliphatic heterocycles. The lowest BCUT2D eigenvalue weighted by Crippen LogP contribution is -2.37. The molecule has 9 heteroatoms. The molecule has 0 bridgehead atoms. The van der Waals surface area contributed by atoms with Crippen LogP contribution in [0.4, 0.5) is 17.5 Å². The highest BCUT2D eigenvalue weighted by molar-refractivity contribution is 5.88. The number of hydrogen-bond donors (Lipinski definition) is 2. The first-order valence-electron chi connectivity index (χ1n) is 11.9. The molecule has 2 fully saturated rings. The van der Waals surface area contributed by atoms with Crippen LogP contribution < -0.4 is 10.2 Å². The third kappa shape index (κ3) is 4.30. The lowest BCUT2D eigenvalue weighted by molar-refractivity contribution is 0.0697. The maximum Gasteiger partial charge on any atom is 0.335 e. The van der Waals surface area contributed by atoms with Gasteiger partial charge in [-0.3, -0.25) is 0 Å². The van der Waals surface area contributed by atoms with Gasteiger partial charge in [0, 0.05) is 36.4 Å². The predicted octanol–water partition coefficient (Wildman–Crippen LogP) is 4.42. The van der Waals surface area contributed by atoms with Gasteiger partial charge >= 0.3 is 5.97 Å². The molecule has 2 aromatic heterocycles.